The van der Waals surface area contributed by atoms with E-state index in [0.29, 0.717) is 12.1 Å². The third-order valence-electron chi connectivity index (χ3n) is 2.40. The molecule has 7 heteroatoms. The van der Waals surface area contributed by atoms with Crippen LogP contribution in [-0.2, 0) is 6.42 Å². The molecule has 0 aliphatic heterocycles. The van der Waals surface area contributed by atoms with Gasteiger partial charge in [0.05, 0.1) is 11.4 Å². The highest BCUT2D eigenvalue weighted by molar-refractivity contribution is 7.17. The van der Waals surface area contributed by atoms with Gasteiger partial charge in [0.2, 0.25) is 0 Å². The Morgan fingerprint density at radius 3 is 2.74 bits per heavy atom. The topological polar surface area (TPSA) is 62.2 Å². The average Bonchev–Trinajstić information content (AvgIpc) is 2.76. The first-order valence-electron chi connectivity index (χ1n) is 5.46. The molecule has 2 N–H and O–H groups in total. The van der Waals surface area contributed by atoms with Crippen molar-refractivity contribution in [1.29, 1.82) is 0 Å². The number of halogens is 2. The fourth-order valence-corrected chi connectivity index (χ4v) is 2.42. The molecule has 0 spiro atoms. The Hall–Kier alpha value is -2.02. The lowest BCUT2D eigenvalue weighted by molar-refractivity contribution is 0.0701. The predicted molar refractivity (Wildman–Crippen MR) is 68.1 cm³/mol. The Labute approximate surface area is 111 Å². The second-order valence-electron chi connectivity index (χ2n) is 3.70. The molecule has 4 nitrogen and oxygen atoms in total. The predicted octanol–water partition coefficient (Wildman–Crippen LogP) is 3.43. The molecule has 100 valence electrons. The Bertz CT molecular complexity index is 628. The number of nitrogens with one attached hydrogen (secondary N) is 1. The van der Waals surface area contributed by atoms with Gasteiger partial charge in [0.25, 0.3) is 0 Å². The van der Waals surface area contributed by atoms with E-state index in [0.717, 1.165) is 23.5 Å². The van der Waals surface area contributed by atoms with Crippen molar-refractivity contribution < 1.29 is 18.7 Å². The first kappa shape index (κ1) is 13.4. The molecular formula is C12H10F2N2O2S. The summed E-state index contributed by atoms with van der Waals surface area (Å²) in [4.78, 5) is 15.2. The average molecular weight is 284 g/mol. The van der Waals surface area contributed by atoms with E-state index in [9.17, 15) is 13.6 Å². The van der Waals surface area contributed by atoms with Gasteiger partial charge in [-0.3, -0.25) is 0 Å². The van der Waals surface area contributed by atoms with Crippen molar-refractivity contribution in [3.8, 4) is 0 Å². The lowest BCUT2D eigenvalue weighted by atomic mass is 10.3. The molecule has 0 aliphatic carbocycles. The number of aryl methyl sites for hydroxylation is 1. The molecule has 1 heterocycles. The van der Waals surface area contributed by atoms with Crippen LogP contribution in [0.3, 0.4) is 0 Å². The highest BCUT2D eigenvalue weighted by Gasteiger charge is 2.16. The van der Waals surface area contributed by atoms with Gasteiger partial charge in [0.15, 0.2) is 5.13 Å². The minimum absolute atomic E-state index is 0.0507. The fourth-order valence-electron chi connectivity index (χ4n) is 1.52. The van der Waals surface area contributed by atoms with E-state index in [-0.39, 0.29) is 15.7 Å². The first-order valence-corrected chi connectivity index (χ1v) is 6.28. The van der Waals surface area contributed by atoms with Crippen LogP contribution in [0.5, 0.6) is 0 Å². The Balaban J connectivity index is 2.31. The fraction of sp³-hybridized carbons (Fsp3) is 0.167. The molecule has 0 radical (unpaired) electrons. The smallest absolute Gasteiger partial charge is 0.347 e. The van der Waals surface area contributed by atoms with Gasteiger partial charge < -0.3 is 10.4 Å². The number of benzene rings is 1. The molecule has 2 aromatic rings. The quantitative estimate of drug-likeness (QED) is 0.903. The van der Waals surface area contributed by atoms with Gasteiger partial charge in [0, 0.05) is 6.07 Å². The molecule has 0 fully saturated rings. The van der Waals surface area contributed by atoms with Crippen LogP contribution in [0.1, 0.15) is 22.3 Å². The summed E-state index contributed by atoms with van der Waals surface area (Å²) in [5.74, 6) is -2.50. The van der Waals surface area contributed by atoms with Crippen molar-refractivity contribution in [2.75, 3.05) is 5.32 Å². The van der Waals surface area contributed by atoms with Crippen molar-refractivity contribution in [3.05, 3.63) is 40.4 Å². The van der Waals surface area contributed by atoms with Crippen LogP contribution < -0.4 is 5.32 Å². The maximum Gasteiger partial charge on any atom is 0.347 e. The van der Waals surface area contributed by atoms with Crippen LogP contribution in [0.25, 0.3) is 0 Å². The van der Waals surface area contributed by atoms with Crippen LogP contribution in [0.2, 0.25) is 0 Å². The van der Waals surface area contributed by atoms with E-state index in [1.807, 2.05) is 0 Å². The molecule has 1 aromatic heterocycles. The van der Waals surface area contributed by atoms with Crippen LogP contribution in [0.4, 0.5) is 19.6 Å². The molecule has 0 saturated carbocycles. The highest BCUT2D eigenvalue weighted by Crippen LogP contribution is 2.27. The van der Waals surface area contributed by atoms with Gasteiger partial charge in [-0.2, -0.15) is 0 Å². The number of thiazole rings is 1. The molecule has 0 amide bonds. The number of nitrogens with zero attached hydrogens (tertiary/aromatic N) is 1. The largest absolute Gasteiger partial charge is 0.477 e. The summed E-state index contributed by atoms with van der Waals surface area (Å²) in [6.45, 7) is 1.78. The van der Waals surface area contributed by atoms with Gasteiger partial charge >= 0.3 is 5.97 Å². The Morgan fingerprint density at radius 1 is 1.47 bits per heavy atom. The standard InChI is InChI=1S/C12H10F2N2O2S/c1-2-8-10(11(17)18)19-12(15-8)16-9-4-3-6(13)5-7(9)14/h3-5H,2H2,1H3,(H,15,16)(H,17,18). The third kappa shape index (κ3) is 2.87. The number of anilines is 2. The molecule has 0 unspecified atom stereocenters. The number of rotatable bonds is 4. The number of aromatic nitrogens is 1. The van der Waals surface area contributed by atoms with E-state index in [1.165, 1.54) is 6.07 Å². The van der Waals surface area contributed by atoms with Crippen molar-refractivity contribution in [1.82, 2.24) is 4.98 Å². The number of carbonyl (C=O) groups is 1. The van der Waals surface area contributed by atoms with Crippen LogP contribution >= 0.6 is 11.3 Å². The summed E-state index contributed by atoms with van der Waals surface area (Å²) in [6.07, 6.45) is 0.464. The zero-order valence-electron chi connectivity index (χ0n) is 9.91. The van der Waals surface area contributed by atoms with Gasteiger partial charge in [-0.05, 0) is 18.6 Å². The molecule has 1 aromatic carbocycles. The van der Waals surface area contributed by atoms with Crippen LogP contribution in [0.15, 0.2) is 18.2 Å². The van der Waals surface area contributed by atoms with E-state index in [2.05, 4.69) is 10.3 Å². The SMILES string of the molecule is CCc1nc(Nc2ccc(F)cc2F)sc1C(=O)O. The summed E-state index contributed by atoms with van der Waals surface area (Å²) < 4.78 is 26.2. The Morgan fingerprint density at radius 2 is 2.21 bits per heavy atom. The molecule has 0 bridgehead atoms. The van der Waals surface area contributed by atoms with Crippen LogP contribution in [-0.4, -0.2) is 16.1 Å². The second kappa shape index (κ2) is 5.31. The zero-order valence-corrected chi connectivity index (χ0v) is 10.7. The normalized spacial score (nSPS) is 10.5. The van der Waals surface area contributed by atoms with Gasteiger partial charge in [-0.25, -0.2) is 18.6 Å². The number of hydrogen-bond donors (Lipinski definition) is 2. The third-order valence-corrected chi connectivity index (χ3v) is 3.40. The molecule has 0 saturated heterocycles. The maximum atomic E-state index is 13.4. The molecular weight excluding hydrogens is 274 g/mol. The van der Waals surface area contributed by atoms with Crippen molar-refractivity contribution >= 4 is 28.1 Å². The van der Waals surface area contributed by atoms with Gasteiger partial charge in [-0.15, -0.1) is 0 Å². The number of hydrogen-bond acceptors (Lipinski definition) is 4. The first-order chi connectivity index (χ1) is 9.01. The maximum absolute atomic E-state index is 13.4. The molecule has 0 atom stereocenters. The Kier molecular flexibility index (Phi) is 3.75. The number of aromatic carboxylic acids is 1. The van der Waals surface area contributed by atoms with Crippen molar-refractivity contribution in [2.45, 2.75) is 13.3 Å². The highest BCUT2D eigenvalue weighted by atomic mass is 32.1. The van der Waals surface area contributed by atoms with Crippen LogP contribution in [0, 0.1) is 11.6 Å². The zero-order chi connectivity index (χ0) is 14.0. The molecule has 2 rings (SSSR count). The monoisotopic (exact) mass is 284 g/mol. The molecule has 0 aliphatic rings. The summed E-state index contributed by atoms with van der Waals surface area (Å²) in [5, 5.41) is 11.9. The van der Waals surface area contributed by atoms with Crippen molar-refractivity contribution in [2.24, 2.45) is 0 Å². The summed E-state index contributed by atoms with van der Waals surface area (Å²) >= 11 is 0.918. The summed E-state index contributed by atoms with van der Waals surface area (Å²) in [7, 11) is 0. The van der Waals surface area contributed by atoms with Gasteiger partial charge in [-0.1, -0.05) is 18.3 Å². The summed E-state index contributed by atoms with van der Waals surface area (Å²) in [5.41, 5.74) is 0.484. The van der Waals surface area contributed by atoms with E-state index in [1.54, 1.807) is 6.92 Å². The lowest BCUT2D eigenvalue weighted by Gasteiger charge is -2.03. The number of carboxylic acid groups (broad SMARTS) is 1. The minimum Gasteiger partial charge on any atom is -0.477 e. The second-order valence-corrected chi connectivity index (χ2v) is 4.70. The lowest BCUT2D eigenvalue weighted by Crippen LogP contribution is -1.97. The minimum atomic E-state index is -1.07. The molecule has 19 heavy (non-hydrogen) atoms. The van der Waals surface area contributed by atoms with E-state index >= 15 is 0 Å². The van der Waals surface area contributed by atoms with E-state index < -0.39 is 17.6 Å². The summed E-state index contributed by atoms with van der Waals surface area (Å²) in [6, 6.07) is 3.09. The van der Waals surface area contributed by atoms with E-state index in [4.69, 9.17) is 5.11 Å². The van der Waals surface area contributed by atoms with Gasteiger partial charge in [0.1, 0.15) is 16.5 Å². The number of carboxylic acids is 1. The van der Waals surface area contributed by atoms with Crippen molar-refractivity contribution in [3.63, 3.8) is 0 Å².